The van der Waals surface area contributed by atoms with Crippen molar-refractivity contribution in [3.05, 3.63) is 24.3 Å². The molecule has 2 rings (SSSR count). The van der Waals surface area contributed by atoms with Gasteiger partial charge in [-0.25, -0.2) is 8.42 Å². The molecule has 1 unspecified atom stereocenters. The molecule has 1 aromatic carbocycles. The number of hydrogen-bond donors (Lipinski definition) is 0. The van der Waals surface area contributed by atoms with Crippen molar-refractivity contribution in [3.63, 3.8) is 0 Å². The van der Waals surface area contributed by atoms with E-state index in [1.807, 2.05) is 0 Å². The summed E-state index contributed by atoms with van der Waals surface area (Å²) < 4.78 is 36.4. The van der Waals surface area contributed by atoms with Gasteiger partial charge in [0, 0.05) is 6.54 Å². The van der Waals surface area contributed by atoms with Gasteiger partial charge >= 0.3 is 5.97 Å². The van der Waals surface area contributed by atoms with Crippen molar-refractivity contribution in [1.82, 2.24) is 4.31 Å². The minimum Gasteiger partial charge on any atom is -0.497 e. The van der Waals surface area contributed by atoms with Crippen LogP contribution < -0.4 is 4.74 Å². The van der Waals surface area contributed by atoms with Crippen LogP contribution in [0.4, 0.5) is 0 Å². The van der Waals surface area contributed by atoms with E-state index < -0.39 is 22.0 Å². The third kappa shape index (κ3) is 3.19. The zero-order valence-corrected chi connectivity index (χ0v) is 12.9. The highest BCUT2D eigenvalue weighted by molar-refractivity contribution is 7.89. The van der Waals surface area contributed by atoms with Gasteiger partial charge in [0.2, 0.25) is 10.0 Å². The van der Waals surface area contributed by atoms with E-state index in [1.165, 1.54) is 30.7 Å². The van der Waals surface area contributed by atoms with Crippen LogP contribution in [0.5, 0.6) is 5.75 Å². The molecular formula is C14H19NO5S. The van der Waals surface area contributed by atoms with Crippen molar-refractivity contribution >= 4 is 16.0 Å². The maximum Gasteiger partial charge on any atom is 0.324 e. The molecule has 0 bridgehead atoms. The quantitative estimate of drug-likeness (QED) is 0.786. The highest BCUT2D eigenvalue weighted by Gasteiger charge is 2.38. The Balaban J connectivity index is 2.33. The fourth-order valence-corrected chi connectivity index (χ4v) is 4.09. The molecule has 116 valence electrons. The average molecular weight is 313 g/mol. The maximum absolute atomic E-state index is 12.7. The number of carbonyl (C=O) groups is 1. The number of esters is 1. The molecule has 0 saturated carbocycles. The summed E-state index contributed by atoms with van der Waals surface area (Å²) in [5.74, 6) is 0.0731. The summed E-state index contributed by atoms with van der Waals surface area (Å²) in [6, 6.07) is 5.40. The number of ether oxygens (including phenoxy) is 2. The zero-order valence-electron chi connectivity index (χ0n) is 12.1. The molecule has 7 heteroatoms. The van der Waals surface area contributed by atoms with Crippen molar-refractivity contribution in [2.24, 2.45) is 0 Å². The SMILES string of the molecule is COC(=O)C1CCCCN1S(=O)(=O)c1ccc(OC)cc1. The Morgan fingerprint density at radius 1 is 1.19 bits per heavy atom. The van der Waals surface area contributed by atoms with Gasteiger partial charge in [0.1, 0.15) is 11.8 Å². The average Bonchev–Trinajstić information content (AvgIpc) is 2.54. The molecule has 0 N–H and O–H groups in total. The number of benzene rings is 1. The van der Waals surface area contributed by atoms with Gasteiger partial charge in [-0.2, -0.15) is 4.31 Å². The van der Waals surface area contributed by atoms with E-state index in [2.05, 4.69) is 0 Å². The zero-order chi connectivity index (χ0) is 15.5. The Morgan fingerprint density at radius 3 is 2.43 bits per heavy atom. The van der Waals surface area contributed by atoms with Crippen LogP contribution in [-0.2, 0) is 19.6 Å². The molecule has 1 saturated heterocycles. The molecule has 1 aliphatic heterocycles. The van der Waals surface area contributed by atoms with Crippen molar-refractivity contribution in [2.45, 2.75) is 30.2 Å². The molecule has 0 amide bonds. The van der Waals surface area contributed by atoms with E-state index in [1.54, 1.807) is 12.1 Å². The second kappa shape index (κ2) is 6.44. The summed E-state index contributed by atoms with van der Waals surface area (Å²) in [4.78, 5) is 12.0. The first-order valence-corrected chi connectivity index (χ1v) is 8.18. The van der Waals surface area contributed by atoms with E-state index in [9.17, 15) is 13.2 Å². The van der Waals surface area contributed by atoms with Crippen LogP contribution in [-0.4, -0.2) is 45.5 Å². The molecule has 1 heterocycles. The van der Waals surface area contributed by atoms with Crippen molar-refractivity contribution in [2.75, 3.05) is 20.8 Å². The molecule has 0 spiro atoms. The van der Waals surface area contributed by atoms with E-state index in [4.69, 9.17) is 9.47 Å². The monoisotopic (exact) mass is 313 g/mol. The standard InChI is InChI=1S/C14H19NO5S/c1-19-11-6-8-12(9-7-11)21(17,18)15-10-4-3-5-13(15)14(16)20-2/h6-9,13H,3-5,10H2,1-2H3. The molecule has 1 fully saturated rings. The van der Waals surface area contributed by atoms with E-state index >= 15 is 0 Å². The van der Waals surface area contributed by atoms with Gasteiger partial charge in [0.25, 0.3) is 0 Å². The van der Waals surface area contributed by atoms with Crippen molar-refractivity contribution < 1.29 is 22.7 Å². The van der Waals surface area contributed by atoms with Crippen LogP contribution in [0.3, 0.4) is 0 Å². The van der Waals surface area contributed by atoms with E-state index in [-0.39, 0.29) is 4.90 Å². The summed E-state index contributed by atoms with van der Waals surface area (Å²) in [5, 5.41) is 0. The lowest BCUT2D eigenvalue weighted by Crippen LogP contribution is -2.48. The lowest BCUT2D eigenvalue weighted by molar-refractivity contribution is -0.146. The number of carbonyl (C=O) groups excluding carboxylic acids is 1. The summed E-state index contributed by atoms with van der Waals surface area (Å²) in [6.07, 6.45) is 2.04. The minimum atomic E-state index is -3.71. The van der Waals surface area contributed by atoms with E-state index in [0.29, 0.717) is 18.7 Å². The predicted molar refractivity (Wildman–Crippen MR) is 76.5 cm³/mol. The largest absolute Gasteiger partial charge is 0.497 e. The molecule has 0 radical (unpaired) electrons. The van der Waals surface area contributed by atoms with Crippen LogP contribution in [0.25, 0.3) is 0 Å². The lowest BCUT2D eigenvalue weighted by Gasteiger charge is -2.32. The molecule has 1 aromatic rings. The fourth-order valence-electron chi connectivity index (χ4n) is 2.45. The molecule has 0 aliphatic carbocycles. The Kier molecular flexibility index (Phi) is 4.84. The van der Waals surface area contributed by atoms with Gasteiger partial charge in [0.15, 0.2) is 0 Å². The number of piperidine rings is 1. The van der Waals surface area contributed by atoms with Crippen molar-refractivity contribution in [3.8, 4) is 5.75 Å². The molecule has 21 heavy (non-hydrogen) atoms. The van der Waals surface area contributed by atoms with Gasteiger partial charge in [0.05, 0.1) is 19.1 Å². The van der Waals surface area contributed by atoms with Crippen molar-refractivity contribution in [1.29, 1.82) is 0 Å². The van der Waals surface area contributed by atoms with Crippen LogP contribution in [0.15, 0.2) is 29.2 Å². The molecule has 6 nitrogen and oxygen atoms in total. The Morgan fingerprint density at radius 2 is 1.86 bits per heavy atom. The van der Waals surface area contributed by atoms with Gasteiger partial charge < -0.3 is 9.47 Å². The summed E-state index contributed by atoms with van der Waals surface area (Å²) in [6.45, 7) is 0.328. The first-order valence-electron chi connectivity index (χ1n) is 6.74. The number of methoxy groups -OCH3 is 2. The Bertz CT molecular complexity index is 596. The number of hydrogen-bond acceptors (Lipinski definition) is 5. The summed E-state index contributed by atoms with van der Waals surface area (Å²) >= 11 is 0. The van der Waals surface area contributed by atoms with Crippen LogP contribution in [0, 0.1) is 0 Å². The van der Waals surface area contributed by atoms with E-state index in [0.717, 1.165) is 12.8 Å². The van der Waals surface area contributed by atoms with Gasteiger partial charge in [-0.1, -0.05) is 0 Å². The molecule has 1 atom stereocenters. The third-order valence-electron chi connectivity index (χ3n) is 3.59. The first kappa shape index (κ1) is 15.8. The second-order valence-electron chi connectivity index (χ2n) is 4.83. The number of rotatable bonds is 4. The normalized spacial score (nSPS) is 20.0. The smallest absolute Gasteiger partial charge is 0.324 e. The Labute approximate surface area is 124 Å². The second-order valence-corrected chi connectivity index (χ2v) is 6.72. The summed E-state index contributed by atoms with van der Waals surface area (Å²) in [7, 11) is -0.926. The highest BCUT2D eigenvalue weighted by atomic mass is 32.2. The highest BCUT2D eigenvalue weighted by Crippen LogP contribution is 2.27. The molecule has 1 aliphatic rings. The van der Waals surface area contributed by atoms with Crippen LogP contribution in [0.1, 0.15) is 19.3 Å². The van der Waals surface area contributed by atoms with Gasteiger partial charge in [-0.15, -0.1) is 0 Å². The molecular weight excluding hydrogens is 294 g/mol. The van der Waals surface area contributed by atoms with Crippen LogP contribution >= 0.6 is 0 Å². The molecule has 0 aromatic heterocycles. The van der Waals surface area contributed by atoms with Gasteiger partial charge in [-0.3, -0.25) is 4.79 Å². The Hall–Kier alpha value is -1.60. The lowest BCUT2D eigenvalue weighted by atomic mass is 10.1. The topological polar surface area (TPSA) is 72.9 Å². The number of nitrogens with zero attached hydrogens (tertiary/aromatic N) is 1. The minimum absolute atomic E-state index is 0.152. The fraction of sp³-hybridized carbons (Fsp3) is 0.500. The first-order chi connectivity index (χ1) is 10.0. The van der Waals surface area contributed by atoms with Gasteiger partial charge in [-0.05, 0) is 43.5 Å². The summed E-state index contributed by atoms with van der Waals surface area (Å²) in [5.41, 5.74) is 0. The van der Waals surface area contributed by atoms with Crippen LogP contribution in [0.2, 0.25) is 0 Å². The number of sulfonamides is 1. The maximum atomic E-state index is 12.7. The predicted octanol–water partition coefficient (Wildman–Crippen LogP) is 1.41. The third-order valence-corrected chi connectivity index (χ3v) is 5.52.